The molecule has 2 aliphatic rings. The lowest BCUT2D eigenvalue weighted by atomic mass is 10.0. The van der Waals surface area contributed by atoms with Crippen molar-refractivity contribution in [2.75, 3.05) is 53.4 Å². The summed E-state index contributed by atoms with van der Waals surface area (Å²) in [5.74, 6) is 0.973. The van der Waals surface area contributed by atoms with Crippen molar-refractivity contribution in [3.8, 4) is 0 Å². The van der Waals surface area contributed by atoms with Gasteiger partial charge in [0, 0.05) is 26.2 Å². The Morgan fingerprint density at radius 3 is 1.26 bits per heavy atom. The predicted octanol–water partition coefficient (Wildman–Crippen LogP) is 2.92. The van der Waals surface area contributed by atoms with E-state index < -0.39 is 0 Å². The van der Waals surface area contributed by atoms with E-state index in [9.17, 15) is 0 Å². The van der Waals surface area contributed by atoms with Gasteiger partial charge >= 0.3 is 0 Å². The Morgan fingerprint density at radius 2 is 1.05 bits per heavy atom. The van der Waals surface area contributed by atoms with Crippen LogP contribution in [0.25, 0.3) is 0 Å². The summed E-state index contributed by atoms with van der Waals surface area (Å²) >= 11 is 0. The van der Waals surface area contributed by atoms with Crippen LogP contribution in [0.4, 0.5) is 0 Å². The van der Waals surface area contributed by atoms with Crippen LogP contribution in [0, 0.1) is 5.92 Å². The third kappa shape index (κ3) is 14.1. The molecule has 3 nitrogen and oxygen atoms in total. The molecule has 0 radical (unpaired) electrons. The van der Waals surface area contributed by atoms with Crippen LogP contribution in [0.5, 0.6) is 0 Å². The monoisotopic (exact) mass is 273 g/mol. The Balaban J connectivity index is 0. The topological polar surface area (TPSA) is 18.5 Å². The van der Waals surface area contributed by atoms with E-state index in [1.165, 1.54) is 52.1 Å². The number of hydrogen-bond acceptors (Lipinski definition) is 3. The summed E-state index contributed by atoms with van der Waals surface area (Å²) in [6.45, 7) is 17.7. The molecule has 3 heteroatoms. The van der Waals surface area contributed by atoms with E-state index in [4.69, 9.17) is 0 Å². The molecule has 0 aromatic carbocycles. The van der Waals surface area contributed by atoms with Crippen LogP contribution < -0.4 is 5.32 Å². The maximum Gasteiger partial charge on any atom is 0.0107 e. The molecule has 0 unspecified atom stereocenters. The molecule has 1 N–H and O–H groups in total. The second-order valence-electron chi connectivity index (χ2n) is 5.04. The first-order chi connectivity index (χ1) is 9.18. The van der Waals surface area contributed by atoms with E-state index in [-0.39, 0.29) is 0 Å². The van der Waals surface area contributed by atoms with Gasteiger partial charge in [-0.05, 0) is 45.9 Å². The summed E-state index contributed by atoms with van der Waals surface area (Å²) in [6.07, 6.45) is 2.75. The molecular formula is C16H39N3. The van der Waals surface area contributed by atoms with E-state index in [0.29, 0.717) is 0 Å². The zero-order chi connectivity index (χ0) is 15.1. The Bertz CT molecular complexity index is 138. The number of piperazine rings is 1. The number of nitrogens with one attached hydrogen (secondary N) is 1. The Labute approximate surface area is 122 Å². The van der Waals surface area contributed by atoms with E-state index in [2.05, 4.69) is 36.1 Å². The van der Waals surface area contributed by atoms with Crippen molar-refractivity contribution in [3.05, 3.63) is 0 Å². The highest BCUT2D eigenvalue weighted by Crippen LogP contribution is 2.08. The first kappa shape index (κ1) is 21.2. The van der Waals surface area contributed by atoms with Gasteiger partial charge in [0.05, 0.1) is 0 Å². The molecule has 0 atom stereocenters. The van der Waals surface area contributed by atoms with Crippen molar-refractivity contribution in [2.24, 2.45) is 5.92 Å². The van der Waals surface area contributed by atoms with Crippen molar-refractivity contribution in [1.82, 2.24) is 15.1 Å². The van der Waals surface area contributed by atoms with Gasteiger partial charge in [0.1, 0.15) is 0 Å². The Kier molecular flexibility index (Phi) is 17.8. The highest BCUT2D eigenvalue weighted by Gasteiger charge is 2.07. The van der Waals surface area contributed by atoms with E-state index in [1.54, 1.807) is 0 Å². The maximum absolute atomic E-state index is 3.32. The molecule has 2 rings (SSSR count). The largest absolute Gasteiger partial charge is 0.317 e. The highest BCUT2D eigenvalue weighted by atomic mass is 15.2. The molecule has 0 spiro atoms. The van der Waals surface area contributed by atoms with Crippen molar-refractivity contribution in [3.63, 3.8) is 0 Å². The normalized spacial score (nSPS) is 21.0. The SMILES string of the molecule is CC.CC.CC1CCNCC1.CN1CCN(C)CC1. The average molecular weight is 274 g/mol. The molecular weight excluding hydrogens is 234 g/mol. The number of likely N-dealkylation sites (N-methyl/N-ethyl adjacent to an activating group) is 2. The number of hydrogen-bond donors (Lipinski definition) is 1. The van der Waals surface area contributed by atoms with Crippen molar-refractivity contribution >= 4 is 0 Å². The molecule has 0 bridgehead atoms. The fourth-order valence-electron chi connectivity index (χ4n) is 1.87. The lowest BCUT2D eigenvalue weighted by molar-refractivity contribution is 0.181. The third-order valence-electron chi connectivity index (χ3n) is 3.35. The van der Waals surface area contributed by atoms with Crippen molar-refractivity contribution in [2.45, 2.75) is 47.5 Å². The highest BCUT2D eigenvalue weighted by molar-refractivity contribution is 4.64. The maximum atomic E-state index is 3.32. The smallest absolute Gasteiger partial charge is 0.0107 e. The molecule has 19 heavy (non-hydrogen) atoms. The average Bonchev–Trinajstić information content (AvgIpc) is 2.48. The summed E-state index contributed by atoms with van der Waals surface area (Å²) in [6, 6.07) is 0. The predicted molar refractivity (Wildman–Crippen MR) is 89.0 cm³/mol. The molecule has 0 aromatic rings. The van der Waals surface area contributed by atoms with Gasteiger partial charge in [-0.25, -0.2) is 0 Å². The molecule has 0 aromatic heterocycles. The van der Waals surface area contributed by atoms with Crippen LogP contribution in [0.15, 0.2) is 0 Å². The molecule has 118 valence electrons. The second-order valence-corrected chi connectivity index (χ2v) is 5.04. The van der Waals surface area contributed by atoms with Crippen molar-refractivity contribution in [1.29, 1.82) is 0 Å². The molecule has 0 aliphatic carbocycles. The first-order valence-corrected chi connectivity index (χ1v) is 8.26. The summed E-state index contributed by atoms with van der Waals surface area (Å²) < 4.78 is 0. The summed E-state index contributed by atoms with van der Waals surface area (Å²) in [4.78, 5) is 4.72. The van der Waals surface area contributed by atoms with Gasteiger partial charge in [-0.3, -0.25) is 0 Å². The Morgan fingerprint density at radius 1 is 0.737 bits per heavy atom. The fraction of sp³-hybridized carbons (Fsp3) is 1.00. The standard InChI is InChI=1S/C6H14N2.C6H13N.2C2H6/c1-7-3-5-8(2)6-4-7;1-6-2-4-7-5-3-6;2*1-2/h3-6H2,1-2H3;6-7H,2-5H2,1H3;2*1-2H3. The summed E-state index contributed by atoms with van der Waals surface area (Å²) in [7, 11) is 4.35. The zero-order valence-corrected chi connectivity index (χ0v) is 14.6. The van der Waals surface area contributed by atoms with Crippen LogP contribution in [0.1, 0.15) is 47.5 Å². The zero-order valence-electron chi connectivity index (χ0n) is 14.6. The van der Waals surface area contributed by atoms with Crippen LogP contribution in [-0.2, 0) is 0 Å². The number of nitrogens with zero attached hydrogens (tertiary/aromatic N) is 2. The van der Waals surface area contributed by atoms with Crippen LogP contribution >= 0.6 is 0 Å². The van der Waals surface area contributed by atoms with Crippen molar-refractivity contribution < 1.29 is 0 Å². The summed E-state index contributed by atoms with van der Waals surface area (Å²) in [5, 5.41) is 3.32. The van der Waals surface area contributed by atoms with Gasteiger partial charge < -0.3 is 15.1 Å². The van der Waals surface area contributed by atoms with Crippen LogP contribution in [0.3, 0.4) is 0 Å². The minimum Gasteiger partial charge on any atom is -0.317 e. The molecule has 2 fully saturated rings. The fourth-order valence-corrected chi connectivity index (χ4v) is 1.87. The second kappa shape index (κ2) is 15.9. The minimum atomic E-state index is 0.973. The first-order valence-electron chi connectivity index (χ1n) is 8.26. The molecule has 2 heterocycles. The van der Waals surface area contributed by atoms with Gasteiger partial charge in [0.15, 0.2) is 0 Å². The quantitative estimate of drug-likeness (QED) is 0.732. The van der Waals surface area contributed by atoms with Gasteiger partial charge in [0.25, 0.3) is 0 Å². The van der Waals surface area contributed by atoms with Crippen LogP contribution in [-0.4, -0.2) is 63.2 Å². The molecule has 2 aliphatic heterocycles. The summed E-state index contributed by atoms with van der Waals surface area (Å²) in [5.41, 5.74) is 0. The number of rotatable bonds is 0. The van der Waals surface area contributed by atoms with Gasteiger partial charge in [-0.1, -0.05) is 34.6 Å². The lowest BCUT2D eigenvalue weighted by Crippen LogP contribution is -2.42. The van der Waals surface area contributed by atoms with Gasteiger partial charge in [0.2, 0.25) is 0 Å². The van der Waals surface area contributed by atoms with Gasteiger partial charge in [-0.2, -0.15) is 0 Å². The van der Waals surface area contributed by atoms with Gasteiger partial charge in [-0.15, -0.1) is 0 Å². The Hall–Kier alpha value is -0.120. The molecule has 2 saturated heterocycles. The molecule has 0 amide bonds. The van der Waals surface area contributed by atoms with Crippen LogP contribution in [0.2, 0.25) is 0 Å². The van der Waals surface area contributed by atoms with E-state index >= 15 is 0 Å². The minimum absolute atomic E-state index is 0.973. The van der Waals surface area contributed by atoms with E-state index in [0.717, 1.165) is 5.92 Å². The lowest BCUT2D eigenvalue weighted by Gasteiger charge is -2.28. The third-order valence-corrected chi connectivity index (χ3v) is 3.35. The van der Waals surface area contributed by atoms with E-state index in [1.807, 2.05) is 27.7 Å². The number of piperidine rings is 1. The molecule has 0 saturated carbocycles.